The maximum Gasteiger partial charge on any atom is 0.407 e. The summed E-state index contributed by atoms with van der Waals surface area (Å²) < 4.78 is 9.58. The Balaban J connectivity index is 1.18. The lowest BCUT2D eigenvalue weighted by Gasteiger charge is -2.30. The van der Waals surface area contributed by atoms with Gasteiger partial charge in [0.05, 0.1) is 37.7 Å². The lowest BCUT2D eigenvalue weighted by molar-refractivity contribution is -0.136. The largest absolute Gasteiger partial charge is 0.453 e. The number of ether oxygens (including phenoxy) is 2. The molecule has 0 unspecified atom stereocenters. The molecule has 0 bridgehead atoms. The first-order chi connectivity index (χ1) is 28.7. The van der Waals surface area contributed by atoms with Gasteiger partial charge in [-0.05, 0) is 48.3 Å². The molecule has 0 spiro atoms. The molecule has 6 atom stereocenters. The lowest BCUT2D eigenvalue weighted by Crippen LogP contribution is -2.51. The van der Waals surface area contributed by atoms with Crippen LogP contribution in [0.1, 0.15) is 64.3 Å². The minimum Gasteiger partial charge on any atom is -0.453 e. The zero-order chi connectivity index (χ0) is 43.4. The summed E-state index contributed by atoms with van der Waals surface area (Å²) in [5.74, 6) is 0.475. The number of carbonyl (C=O) groups is 4. The number of hydrogen-bond donors (Lipinski definition) is 4. The first-order valence-corrected chi connectivity index (χ1v) is 23.1. The summed E-state index contributed by atoms with van der Waals surface area (Å²) in [6.45, 7) is 8.57. The van der Waals surface area contributed by atoms with Crippen molar-refractivity contribution in [3.05, 3.63) is 70.5 Å². The van der Waals surface area contributed by atoms with Crippen LogP contribution in [0.2, 0.25) is 10.3 Å². The van der Waals surface area contributed by atoms with E-state index in [4.69, 9.17) is 32.7 Å². The molecular weight excluding hydrogens is 848 g/mol. The van der Waals surface area contributed by atoms with Gasteiger partial charge in [-0.15, -0.1) is 0 Å². The van der Waals surface area contributed by atoms with Crippen molar-refractivity contribution in [1.29, 1.82) is 0 Å². The summed E-state index contributed by atoms with van der Waals surface area (Å²) in [4.78, 5) is 71.7. The summed E-state index contributed by atoms with van der Waals surface area (Å²) in [5.41, 5.74) is 4.94. The van der Waals surface area contributed by atoms with Gasteiger partial charge in [0, 0.05) is 34.7 Å². The normalized spacial score (nSPS) is 20.1. The molecule has 2 fully saturated rings. The zero-order valence-electron chi connectivity index (χ0n) is 34.9. The Morgan fingerprint density at radius 2 is 0.983 bits per heavy atom. The minimum absolute atomic E-state index is 0.158. The standard InChI is InChI=1S/C42H52Cl2N8O6S2/c1-21(2)31(47-41(55)57-5)39(53)51-19-27(59-7)17-29(51)37-45-33(35(43)49-37)25-13-9-23(10-14-25)24-11-15-26(16-12-24)34-36(44)50-38(46-34)30-18-28(60-8)20-52(30)40(54)32(22(3)4)48-42(56)58-6/h9-16,21-22,27-32H,17-20H2,1-8H3,(H,45,49)(H,46,50)(H,47,55)(H,48,56)/t27-,28-,29-,30-,31-,32-/m0/s1. The molecular formula is C42H52Cl2N8O6S2. The Labute approximate surface area is 369 Å². The predicted octanol–water partition coefficient (Wildman–Crippen LogP) is 8.21. The smallest absolute Gasteiger partial charge is 0.407 e. The number of thioether (sulfide) groups is 2. The van der Waals surface area contributed by atoms with Crippen molar-refractivity contribution >= 4 is 70.7 Å². The van der Waals surface area contributed by atoms with E-state index in [1.54, 1.807) is 33.3 Å². The van der Waals surface area contributed by atoms with Crippen molar-refractivity contribution in [1.82, 2.24) is 40.4 Å². The molecule has 2 aromatic heterocycles. The van der Waals surface area contributed by atoms with Crippen LogP contribution in [0, 0.1) is 11.8 Å². The fourth-order valence-electron chi connectivity index (χ4n) is 7.79. The van der Waals surface area contributed by atoms with Gasteiger partial charge in [0.15, 0.2) is 10.3 Å². The van der Waals surface area contributed by atoms with Gasteiger partial charge in [0.25, 0.3) is 0 Å². The van der Waals surface area contributed by atoms with Crippen LogP contribution in [0.3, 0.4) is 0 Å². The Kier molecular flexibility index (Phi) is 14.7. The highest BCUT2D eigenvalue weighted by molar-refractivity contribution is 7.99. The number of carbonyl (C=O) groups excluding carboxylic acids is 4. The van der Waals surface area contributed by atoms with Gasteiger partial charge in [-0.3, -0.25) is 9.59 Å². The van der Waals surface area contributed by atoms with Crippen molar-refractivity contribution in [2.75, 3.05) is 39.8 Å². The summed E-state index contributed by atoms with van der Waals surface area (Å²) in [6, 6.07) is 13.7. The molecule has 6 rings (SSSR count). The molecule has 0 aliphatic carbocycles. The molecule has 4 N–H and O–H groups in total. The van der Waals surface area contributed by atoms with Crippen LogP contribution in [0.15, 0.2) is 48.5 Å². The number of nitrogens with zero attached hydrogens (tertiary/aromatic N) is 4. The molecule has 2 saturated heterocycles. The summed E-state index contributed by atoms with van der Waals surface area (Å²) in [7, 11) is 2.55. The SMILES string of the molecule is COC(=O)N[C@H](C(=O)N1C[C@@H](SC)C[C@H]1c1nc(Cl)c(-c2ccc(-c3ccc(-c4[nH]c([C@@H]5C[C@H](SC)CN5C(=O)[C@@H](NC(=O)OC)C(C)C)nc4Cl)cc3)cc2)[nH]1)C(C)C. The van der Waals surface area contributed by atoms with Gasteiger partial charge in [0.2, 0.25) is 11.8 Å². The number of halogens is 2. The van der Waals surface area contributed by atoms with Crippen molar-refractivity contribution in [3.63, 3.8) is 0 Å². The fourth-order valence-corrected chi connectivity index (χ4v) is 9.66. The number of amides is 4. The van der Waals surface area contributed by atoms with E-state index in [0.717, 1.165) is 22.3 Å². The number of alkyl carbamates (subject to hydrolysis) is 2. The Morgan fingerprint density at radius 1 is 0.650 bits per heavy atom. The molecule has 0 saturated carbocycles. The molecule has 4 aromatic rings. The quantitative estimate of drug-likeness (QED) is 0.102. The lowest BCUT2D eigenvalue weighted by atomic mass is 10.0. The second-order valence-corrected chi connectivity index (χ2v) is 18.6. The monoisotopic (exact) mass is 898 g/mol. The molecule has 4 heterocycles. The zero-order valence-corrected chi connectivity index (χ0v) is 38.0. The molecule has 0 radical (unpaired) electrons. The third-order valence-electron chi connectivity index (χ3n) is 11.2. The summed E-state index contributed by atoms with van der Waals surface area (Å²) >= 11 is 16.9. The number of aromatic nitrogens is 4. The minimum atomic E-state index is -0.754. The maximum absolute atomic E-state index is 13.9. The average molecular weight is 900 g/mol. The Hall–Kier alpha value is -4.38. The van der Waals surface area contributed by atoms with Gasteiger partial charge in [-0.2, -0.15) is 23.5 Å². The number of benzene rings is 2. The molecule has 2 aliphatic rings. The van der Waals surface area contributed by atoms with Gasteiger partial charge in [-0.25, -0.2) is 19.6 Å². The molecule has 2 aliphatic heterocycles. The van der Waals surface area contributed by atoms with Crippen LogP contribution in [-0.2, 0) is 19.1 Å². The first-order valence-electron chi connectivity index (χ1n) is 19.7. The highest BCUT2D eigenvalue weighted by atomic mass is 35.5. The molecule has 18 heteroatoms. The van der Waals surface area contributed by atoms with E-state index in [9.17, 15) is 19.2 Å². The van der Waals surface area contributed by atoms with Crippen molar-refractivity contribution in [2.24, 2.45) is 11.8 Å². The van der Waals surface area contributed by atoms with Crippen LogP contribution in [0.25, 0.3) is 33.6 Å². The second kappa shape index (κ2) is 19.6. The topological polar surface area (TPSA) is 175 Å². The fraction of sp³-hybridized carbons (Fsp3) is 0.476. The van der Waals surface area contributed by atoms with Crippen molar-refractivity contribution in [3.8, 4) is 33.6 Å². The predicted molar refractivity (Wildman–Crippen MR) is 238 cm³/mol. The summed E-state index contributed by atoms with van der Waals surface area (Å²) in [5, 5.41) is 6.39. The van der Waals surface area contributed by atoms with E-state index in [1.165, 1.54) is 14.2 Å². The second-order valence-electron chi connectivity index (χ2n) is 15.6. The van der Waals surface area contributed by atoms with E-state index >= 15 is 0 Å². The van der Waals surface area contributed by atoms with E-state index < -0.39 is 24.3 Å². The molecule has 4 amide bonds. The van der Waals surface area contributed by atoms with Crippen LogP contribution in [0.5, 0.6) is 0 Å². The highest BCUT2D eigenvalue weighted by Crippen LogP contribution is 2.41. The van der Waals surface area contributed by atoms with E-state index in [0.29, 0.717) is 59.3 Å². The van der Waals surface area contributed by atoms with Gasteiger partial charge in [-0.1, -0.05) is 99.4 Å². The highest BCUT2D eigenvalue weighted by Gasteiger charge is 2.43. The number of nitrogens with one attached hydrogen (secondary N) is 4. The number of methoxy groups -OCH3 is 2. The number of rotatable bonds is 13. The van der Waals surface area contributed by atoms with Crippen LogP contribution >= 0.6 is 46.7 Å². The third-order valence-corrected chi connectivity index (χ3v) is 13.8. The molecule has 2 aromatic carbocycles. The molecule has 60 heavy (non-hydrogen) atoms. The Morgan fingerprint density at radius 3 is 1.28 bits per heavy atom. The first kappa shape index (κ1) is 45.2. The average Bonchev–Trinajstić information content (AvgIpc) is 4.05. The van der Waals surface area contributed by atoms with Crippen LogP contribution in [0.4, 0.5) is 9.59 Å². The van der Waals surface area contributed by atoms with Crippen molar-refractivity contribution in [2.45, 2.75) is 75.2 Å². The molecule has 322 valence electrons. The van der Waals surface area contributed by atoms with E-state index in [1.807, 2.05) is 88.7 Å². The molecule has 14 nitrogen and oxygen atoms in total. The van der Waals surface area contributed by atoms with Gasteiger partial charge >= 0.3 is 12.2 Å². The number of aromatic amines is 2. The number of H-pyrrole nitrogens is 2. The Bertz CT molecular complexity index is 2010. The van der Waals surface area contributed by atoms with Crippen LogP contribution < -0.4 is 10.6 Å². The van der Waals surface area contributed by atoms with Gasteiger partial charge in [0.1, 0.15) is 23.7 Å². The van der Waals surface area contributed by atoms with E-state index in [-0.39, 0.29) is 46.2 Å². The summed E-state index contributed by atoms with van der Waals surface area (Å²) in [6.07, 6.45) is 4.11. The van der Waals surface area contributed by atoms with Gasteiger partial charge < -0.3 is 39.9 Å². The van der Waals surface area contributed by atoms with E-state index in [2.05, 4.69) is 30.6 Å². The van der Waals surface area contributed by atoms with Crippen molar-refractivity contribution < 1.29 is 28.7 Å². The van der Waals surface area contributed by atoms with Crippen LogP contribution in [-0.4, -0.2) is 116 Å². The number of likely N-dealkylation sites (tertiary alicyclic amines) is 2. The maximum atomic E-state index is 13.9. The number of imidazole rings is 2. The third kappa shape index (κ3) is 9.72. The number of hydrogen-bond acceptors (Lipinski definition) is 10.